The van der Waals surface area contributed by atoms with E-state index >= 15 is 0 Å². The molecule has 0 amide bonds. The third-order valence-electron chi connectivity index (χ3n) is 9.95. The van der Waals surface area contributed by atoms with Crippen LogP contribution in [0.4, 0.5) is 0 Å². The van der Waals surface area contributed by atoms with Crippen LogP contribution in [0, 0.1) is 0 Å². The van der Waals surface area contributed by atoms with Crippen LogP contribution >= 0.6 is 11.3 Å². The zero-order chi connectivity index (χ0) is 32.0. The first-order chi connectivity index (χ1) is 23.5. The Kier molecular flexibility index (Phi) is 5.79. The summed E-state index contributed by atoms with van der Waals surface area (Å²) in [6.45, 7) is 4.56. The van der Waals surface area contributed by atoms with E-state index in [1.54, 1.807) is 0 Å². The summed E-state index contributed by atoms with van der Waals surface area (Å²) in [4.78, 5) is 5.32. The summed E-state index contributed by atoms with van der Waals surface area (Å²) in [6.07, 6.45) is 0. The molecule has 10 rings (SSSR count). The lowest BCUT2D eigenvalue weighted by Crippen LogP contribution is -2.15. The van der Waals surface area contributed by atoms with Crippen LogP contribution in [0.15, 0.2) is 140 Å². The summed E-state index contributed by atoms with van der Waals surface area (Å²) >= 11 is 1.82. The first kappa shape index (κ1) is 27.4. The SMILES string of the molecule is CC1(C)c2ccccc2-c2c1ccc1c2Oc2c(cccc2-c2cc(-c3ccccc3)cc(-c3ccc4c(c3)sc3ccccc34)n2)O1. The minimum Gasteiger partial charge on any atom is -0.449 e. The number of fused-ring (bicyclic) bond motifs is 9. The molecule has 0 bridgehead atoms. The summed E-state index contributed by atoms with van der Waals surface area (Å²) in [7, 11) is 0. The number of ether oxygens (including phenoxy) is 2. The average molecular weight is 636 g/mol. The van der Waals surface area contributed by atoms with Gasteiger partial charge in [0.2, 0.25) is 0 Å². The van der Waals surface area contributed by atoms with Gasteiger partial charge >= 0.3 is 0 Å². The second-order valence-corrected chi connectivity index (χ2v) is 14.2. The number of nitrogens with zero attached hydrogens (tertiary/aromatic N) is 1. The van der Waals surface area contributed by atoms with Crippen molar-refractivity contribution in [3.63, 3.8) is 0 Å². The Hall–Kier alpha value is -5.71. The largest absolute Gasteiger partial charge is 0.449 e. The van der Waals surface area contributed by atoms with Gasteiger partial charge in [0.1, 0.15) is 0 Å². The Morgan fingerprint density at radius 2 is 1.25 bits per heavy atom. The van der Waals surface area contributed by atoms with Gasteiger partial charge in [0.15, 0.2) is 23.0 Å². The topological polar surface area (TPSA) is 31.4 Å². The summed E-state index contributed by atoms with van der Waals surface area (Å²) in [5.41, 5.74) is 10.7. The number of hydrogen-bond acceptors (Lipinski definition) is 4. The van der Waals surface area contributed by atoms with Gasteiger partial charge in [-0.3, -0.25) is 0 Å². The van der Waals surface area contributed by atoms with E-state index in [9.17, 15) is 0 Å². The van der Waals surface area contributed by atoms with Gasteiger partial charge in [0.05, 0.1) is 11.4 Å². The molecule has 2 aromatic heterocycles. The molecule has 6 aromatic carbocycles. The molecule has 228 valence electrons. The van der Waals surface area contributed by atoms with Crippen molar-refractivity contribution < 1.29 is 9.47 Å². The minimum absolute atomic E-state index is 0.139. The van der Waals surface area contributed by atoms with E-state index in [1.165, 1.54) is 36.9 Å². The van der Waals surface area contributed by atoms with Gasteiger partial charge in [0, 0.05) is 42.3 Å². The van der Waals surface area contributed by atoms with Crippen molar-refractivity contribution in [3.8, 4) is 67.8 Å². The van der Waals surface area contributed by atoms with E-state index in [0.717, 1.165) is 50.7 Å². The van der Waals surface area contributed by atoms with Crippen molar-refractivity contribution in [2.24, 2.45) is 0 Å². The first-order valence-electron chi connectivity index (χ1n) is 16.3. The van der Waals surface area contributed by atoms with Crippen LogP contribution in [0.2, 0.25) is 0 Å². The van der Waals surface area contributed by atoms with Crippen molar-refractivity contribution in [2.75, 3.05) is 0 Å². The monoisotopic (exact) mass is 635 g/mol. The Balaban J connectivity index is 1.15. The molecule has 0 saturated heterocycles. The predicted octanol–water partition coefficient (Wildman–Crippen LogP) is 12.7. The number of para-hydroxylation sites is 1. The first-order valence-corrected chi connectivity index (χ1v) is 17.1. The van der Waals surface area contributed by atoms with Gasteiger partial charge in [-0.15, -0.1) is 11.3 Å². The normalized spacial score (nSPS) is 13.7. The molecule has 48 heavy (non-hydrogen) atoms. The van der Waals surface area contributed by atoms with Crippen LogP contribution < -0.4 is 9.47 Å². The van der Waals surface area contributed by atoms with Gasteiger partial charge in [-0.25, -0.2) is 4.98 Å². The number of pyridine rings is 1. The van der Waals surface area contributed by atoms with Gasteiger partial charge in [-0.2, -0.15) is 0 Å². The van der Waals surface area contributed by atoms with E-state index in [0.29, 0.717) is 11.5 Å². The highest BCUT2D eigenvalue weighted by Gasteiger charge is 2.39. The van der Waals surface area contributed by atoms with E-state index < -0.39 is 0 Å². The van der Waals surface area contributed by atoms with E-state index in [1.807, 2.05) is 29.5 Å². The van der Waals surface area contributed by atoms with Crippen molar-refractivity contribution in [2.45, 2.75) is 19.3 Å². The summed E-state index contributed by atoms with van der Waals surface area (Å²) in [5, 5.41) is 2.57. The maximum absolute atomic E-state index is 6.98. The Morgan fingerprint density at radius 3 is 2.17 bits per heavy atom. The average Bonchev–Trinajstić information content (AvgIpc) is 3.62. The summed E-state index contributed by atoms with van der Waals surface area (Å²) in [5.74, 6) is 2.87. The molecular weight excluding hydrogens is 607 g/mol. The quantitative estimate of drug-likeness (QED) is 0.194. The van der Waals surface area contributed by atoms with E-state index in [2.05, 4.69) is 135 Å². The molecule has 1 aliphatic carbocycles. The lowest BCUT2D eigenvalue weighted by atomic mass is 9.82. The fourth-order valence-electron chi connectivity index (χ4n) is 7.55. The highest BCUT2D eigenvalue weighted by atomic mass is 32.1. The van der Waals surface area contributed by atoms with Crippen LogP contribution in [0.5, 0.6) is 23.0 Å². The van der Waals surface area contributed by atoms with E-state index in [4.69, 9.17) is 14.5 Å². The zero-order valence-corrected chi connectivity index (χ0v) is 27.3. The number of benzene rings is 6. The third kappa shape index (κ3) is 4.03. The fourth-order valence-corrected chi connectivity index (χ4v) is 8.69. The van der Waals surface area contributed by atoms with Crippen molar-refractivity contribution >= 4 is 31.5 Å². The highest BCUT2D eigenvalue weighted by Crippen LogP contribution is 2.59. The maximum atomic E-state index is 6.98. The van der Waals surface area contributed by atoms with Crippen molar-refractivity contribution in [1.82, 2.24) is 4.98 Å². The Morgan fingerprint density at radius 1 is 0.500 bits per heavy atom. The van der Waals surface area contributed by atoms with Crippen LogP contribution in [-0.2, 0) is 5.41 Å². The van der Waals surface area contributed by atoms with Gasteiger partial charge in [0.25, 0.3) is 0 Å². The van der Waals surface area contributed by atoms with Crippen molar-refractivity contribution in [1.29, 1.82) is 0 Å². The molecule has 8 aromatic rings. The molecular formula is C44H29NO2S. The highest BCUT2D eigenvalue weighted by molar-refractivity contribution is 7.25. The Bertz CT molecular complexity index is 2600. The number of aromatic nitrogens is 1. The molecule has 0 saturated carbocycles. The predicted molar refractivity (Wildman–Crippen MR) is 198 cm³/mol. The maximum Gasteiger partial charge on any atom is 0.179 e. The standard InChI is InChI=1S/C44H29NO2S/c1-44(2)33-16-8-6-14-31(33)41-34(44)21-22-38-43(41)47-42-32(15-10-17-37(42)46-38)36-24-28(26-11-4-3-5-12-26)23-35(45-36)27-19-20-30-29-13-7-9-18-39(29)48-40(30)25-27/h3-25H,1-2H3. The zero-order valence-electron chi connectivity index (χ0n) is 26.5. The molecule has 0 radical (unpaired) electrons. The smallest absolute Gasteiger partial charge is 0.179 e. The summed E-state index contributed by atoms with van der Waals surface area (Å²) in [6, 6.07) is 49.2. The van der Waals surface area contributed by atoms with Crippen LogP contribution in [0.1, 0.15) is 25.0 Å². The molecule has 3 heterocycles. The third-order valence-corrected chi connectivity index (χ3v) is 11.1. The van der Waals surface area contributed by atoms with Gasteiger partial charge in [-0.05, 0) is 70.3 Å². The number of hydrogen-bond donors (Lipinski definition) is 0. The lowest BCUT2D eigenvalue weighted by Gasteiger charge is -2.26. The molecule has 3 nitrogen and oxygen atoms in total. The number of thiophene rings is 1. The van der Waals surface area contributed by atoms with E-state index in [-0.39, 0.29) is 5.41 Å². The summed E-state index contributed by atoms with van der Waals surface area (Å²) < 4.78 is 16.1. The van der Waals surface area contributed by atoms with Gasteiger partial charge in [-0.1, -0.05) is 111 Å². The molecule has 4 heteroatoms. The molecule has 0 fully saturated rings. The fraction of sp³-hybridized carbons (Fsp3) is 0.0682. The van der Waals surface area contributed by atoms with Crippen molar-refractivity contribution in [3.05, 3.63) is 151 Å². The number of rotatable bonds is 3. The van der Waals surface area contributed by atoms with Crippen LogP contribution in [0.3, 0.4) is 0 Å². The molecule has 0 unspecified atom stereocenters. The Labute approximate surface area is 282 Å². The minimum atomic E-state index is -0.139. The van der Waals surface area contributed by atoms with Gasteiger partial charge < -0.3 is 9.47 Å². The lowest BCUT2D eigenvalue weighted by molar-refractivity contribution is 0.361. The molecule has 1 aliphatic heterocycles. The van der Waals surface area contributed by atoms with Crippen LogP contribution in [0.25, 0.3) is 64.9 Å². The molecule has 2 aliphatic rings. The second-order valence-electron chi connectivity index (χ2n) is 13.1. The van der Waals surface area contributed by atoms with Crippen LogP contribution in [-0.4, -0.2) is 4.98 Å². The molecule has 0 atom stereocenters. The second kappa shape index (κ2) is 10.1. The molecule has 0 N–H and O–H groups in total. The molecule has 0 spiro atoms.